The van der Waals surface area contributed by atoms with Crippen LogP contribution in [-0.2, 0) is 0 Å². The number of carbonyl (C=O) groups is 1. The molecule has 1 aromatic carbocycles. The van der Waals surface area contributed by atoms with E-state index in [4.69, 9.17) is 0 Å². The van der Waals surface area contributed by atoms with Crippen LogP contribution in [-0.4, -0.2) is 28.6 Å². The molecule has 1 fully saturated rings. The molecule has 1 amide bonds. The Morgan fingerprint density at radius 3 is 3.00 bits per heavy atom. The highest BCUT2D eigenvalue weighted by molar-refractivity contribution is 7.99. The fraction of sp³-hybridized carbons (Fsp3) is 0.462. The summed E-state index contributed by atoms with van der Waals surface area (Å²) in [6.07, 6.45) is 3.48. The summed E-state index contributed by atoms with van der Waals surface area (Å²) in [6.45, 7) is 0.525. The zero-order chi connectivity index (χ0) is 13.0. The topological polar surface area (TPSA) is 49.3 Å². The van der Waals surface area contributed by atoms with Gasteiger partial charge in [0.2, 0.25) is 0 Å². The van der Waals surface area contributed by atoms with Crippen LogP contribution in [0, 0.1) is 5.82 Å². The highest BCUT2D eigenvalue weighted by atomic mass is 32.2. The first kappa shape index (κ1) is 13.2. The largest absolute Gasteiger partial charge is 0.507 e. The van der Waals surface area contributed by atoms with Crippen LogP contribution in [0.4, 0.5) is 4.39 Å². The van der Waals surface area contributed by atoms with Gasteiger partial charge in [0.15, 0.2) is 0 Å². The third-order valence-electron chi connectivity index (χ3n) is 2.98. The molecule has 1 aromatic rings. The number of hydrogen-bond donors (Lipinski definition) is 2. The van der Waals surface area contributed by atoms with Crippen molar-refractivity contribution in [1.82, 2.24) is 5.32 Å². The zero-order valence-electron chi connectivity index (χ0n) is 9.99. The number of phenols is 1. The van der Waals surface area contributed by atoms with Gasteiger partial charge in [-0.3, -0.25) is 4.79 Å². The van der Waals surface area contributed by atoms with Crippen molar-refractivity contribution in [2.75, 3.05) is 12.3 Å². The van der Waals surface area contributed by atoms with Crippen molar-refractivity contribution in [3.8, 4) is 5.75 Å². The fourth-order valence-electron chi connectivity index (χ4n) is 2.00. The summed E-state index contributed by atoms with van der Waals surface area (Å²) in [7, 11) is 0. The van der Waals surface area contributed by atoms with Crippen molar-refractivity contribution in [1.29, 1.82) is 0 Å². The first-order valence-electron chi connectivity index (χ1n) is 6.06. The smallest absolute Gasteiger partial charge is 0.258 e. The van der Waals surface area contributed by atoms with E-state index in [1.165, 1.54) is 31.0 Å². The summed E-state index contributed by atoms with van der Waals surface area (Å²) < 4.78 is 13.4. The molecule has 0 aromatic heterocycles. The summed E-state index contributed by atoms with van der Waals surface area (Å²) in [6, 6.07) is 3.86. The van der Waals surface area contributed by atoms with E-state index in [9.17, 15) is 14.3 Å². The average molecular weight is 269 g/mol. The maximum atomic E-state index is 13.4. The van der Waals surface area contributed by atoms with Crippen LogP contribution in [0.1, 0.15) is 29.6 Å². The molecule has 0 spiro atoms. The number of phenolic OH excluding ortho intramolecular Hbond substituents is 1. The number of thioether (sulfide) groups is 1. The maximum absolute atomic E-state index is 13.4. The van der Waals surface area contributed by atoms with Crippen molar-refractivity contribution in [2.24, 2.45) is 0 Å². The minimum absolute atomic E-state index is 0.265. The van der Waals surface area contributed by atoms with Gasteiger partial charge in [-0.05, 0) is 30.7 Å². The number of rotatable bonds is 3. The lowest BCUT2D eigenvalue weighted by Gasteiger charge is -2.21. The number of hydrogen-bond acceptors (Lipinski definition) is 3. The second-order valence-corrected chi connectivity index (χ2v) is 5.74. The van der Waals surface area contributed by atoms with Gasteiger partial charge in [0, 0.05) is 11.8 Å². The van der Waals surface area contributed by atoms with Gasteiger partial charge < -0.3 is 10.4 Å². The summed E-state index contributed by atoms with van der Waals surface area (Å²) in [5.74, 6) is -0.435. The Morgan fingerprint density at radius 2 is 2.33 bits per heavy atom. The molecule has 1 unspecified atom stereocenters. The van der Waals surface area contributed by atoms with Crippen molar-refractivity contribution in [3.63, 3.8) is 0 Å². The summed E-state index contributed by atoms with van der Waals surface area (Å²) in [5.41, 5.74) is -0.265. The van der Waals surface area contributed by atoms with Crippen LogP contribution < -0.4 is 5.32 Å². The van der Waals surface area contributed by atoms with Gasteiger partial charge in [-0.15, -0.1) is 0 Å². The summed E-state index contributed by atoms with van der Waals surface area (Å²) >= 11 is 1.84. The van der Waals surface area contributed by atoms with E-state index >= 15 is 0 Å². The van der Waals surface area contributed by atoms with Crippen molar-refractivity contribution in [3.05, 3.63) is 29.6 Å². The van der Waals surface area contributed by atoms with Crippen LogP contribution in [0.5, 0.6) is 5.75 Å². The number of carbonyl (C=O) groups excluding carboxylic acids is 1. The average Bonchev–Trinajstić information content (AvgIpc) is 2.37. The van der Waals surface area contributed by atoms with E-state index in [0.29, 0.717) is 11.8 Å². The Balaban J connectivity index is 1.95. The lowest BCUT2D eigenvalue weighted by molar-refractivity contribution is 0.0946. The monoisotopic (exact) mass is 269 g/mol. The van der Waals surface area contributed by atoms with Gasteiger partial charge in [0.05, 0.1) is 0 Å². The van der Waals surface area contributed by atoms with E-state index in [1.807, 2.05) is 11.8 Å². The lowest BCUT2D eigenvalue weighted by atomic mass is 10.1. The molecule has 0 radical (unpaired) electrons. The lowest BCUT2D eigenvalue weighted by Crippen LogP contribution is -2.32. The molecule has 0 bridgehead atoms. The van der Waals surface area contributed by atoms with Gasteiger partial charge in [-0.2, -0.15) is 11.8 Å². The van der Waals surface area contributed by atoms with Gasteiger partial charge in [-0.25, -0.2) is 4.39 Å². The number of benzene rings is 1. The summed E-state index contributed by atoms with van der Waals surface area (Å²) in [5, 5.41) is 12.6. The second kappa shape index (κ2) is 6.09. The van der Waals surface area contributed by atoms with Gasteiger partial charge in [-0.1, -0.05) is 12.5 Å². The molecule has 18 heavy (non-hydrogen) atoms. The van der Waals surface area contributed by atoms with Crippen LogP contribution in [0.25, 0.3) is 0 Å². The highest BCUT2D eigenvalue weighted by Crippen LogP contribution is 2.25. The third-order valence-corrected chi connectivity index (χ3v) is 4.38. The molecule has 2 rings (SSSR count). The minimum Gasteiger partial charge on any atom is -0.507 e. The van der Waals surface area contributed by atoms with Crippen molar-refractivity contribution in [2.45, 2.75) is 24.5 Å². The SMILES string of the molecule is O=C(NCC1CCCCS1)c1c(O)cccc1F. The highest BCUT2D eigenvalue weighted by Gasteiger charge is 2.19. The van der Waals surface area contributed by atoms with Crippen LogP contribution in [0.2, 0.25) is 0 Å². The maximum Gasteiger partial charge on any atom is 0.258 e. The van der Waals surface area contributed by atoms with Gasteiger partial charge >= 0.3 is 0 Å². The molecule has 1 aliphatic heterocycles. The molecule has 3 nitrogen and oxygen atoms in total. The molecule has 5 heteroatoms. The Kier molecular flexibility index (Phi) is 4.47. The molecule has 1 saturated heterocycles. The Labute approximate surface area is 110 Å². The van der Waals surface area contributed by atoms with Crippen LogP contribution in [0.3, 0.4) is 0 Å². The quantitative estimate of drug-likeness (QED) is 0.886. The van der Waals surface area contributed by atoms with Crippen molar-refractivity contribution < 1.29 is 14.3 Å². The number of aromatic hydroxyl groups is 1. The van der Waals surface area contributed by atoms with E-state index in [-0.39, 0.29) is 11.3 Å². The molecule has 0 saturated carbocycles. The van der Waals surface area contributed by atoms with Gasteiger partial charge in [0.25, 0.3) is 5.91 Å². The first-order valence-corrected chi connectivity index (χ1v) is 7.10. The molecule has 1 atom stereocenters. The van der Waals surface area contributed by atoms with Crippen LogP contribution in [0.15, 0.2) is 18.2 Å². The molecular formula is C13H16FNO2S. The second-order valence-electron chi connectivity index (χ2n) is 4.33. The Hall–Kier alpha value is -1.23. The van der Waals surface area contributed by atoms with Gasteiger partial charge in [0.1, 0.15) is 17.1 Å². The Bertz CT molecular complexity index is 413. The standard InChI is InChI=1S/C13H16FNO2S/c14-10-5-3-6-11(16)12(10)13(17)15-8-9-4-1-2-7-18-9/h3,5-6,9,16H,1-2,4,7-8H2,(H,15,17). The fourth-order valence-corrected chi connectivity index (χ4v) is 3.24. The van der Waals surface area contributed by atoms with E-state index in [0.717, 1.165) is 12.2 Å². The molecule has 1 heterocycles. The number of amides is 1. The normalized spacial score (nSPS) is 19.5. The van der Waals surface area contributed by atoms with E-state index in [1.54, 1.807) is 0 Å². The number of nitrogens with one attached hydrogen (secondary N) is 1. The minimum atomic E-state index is -0.691. The molecular weight excluding hydrogens is 253 g/mol. The summed E-state index contributed by atoms with van der Waals surface area (Å²) in [4.78, 5) is 11.8. The Morgan fingerprint density at radius 1 is 1.50 bits per heavy atom. The molecule has 1 aliphatic rings. The van der Waals surface area contributed by atoms with E-state index < -0.39 is 11.7 Å². The zero-order valence-corrected chi connectivity index (χ0v) is 10.8. The predicted molar refractivity (Wildman–Crippen MR) is 70.5 cm³/mol. The number of halogens is 1. The van der Waals surface area contributed by atoms with Crippen LogP contribution >= 0.6 is 11.8 Å². The first-order chi connectivity index (χ1) is 8.68. The van der Waals surface area contributed by atoms with E-state index in [2.05, 4.69) is 5.32 Å². The predicted octanol–water partition coefficient (Wildman–Crippen LogP) is 2.55. The van der Waals surface area contributed by atoms with Crippen molar-refractivity contribution >= 4 is 17.7 Å². The third kappa shape index (κ3) is 3.16. The molecule has 2 N–H and O–H groups in total. The molecule has 0 aliphatic carbocycles. The molecule has 98 valence electrons.